The second-order valence-corrected chi connectivity index (χ2v) is 10.1. The van der Waals surface area contributed by atoms with Gasteiger partial charge in [-0.3, -0.25) is 9.59 Å². The fourth-order valence-electron chi connectivity index (χ4n) is 5.38. The number of hydrogen-bond donors (Lipinski definition) is 2. The Morgan fingerprint density at radius 2 is 2.02 bits per heavy atom. The maximum absolute atomic E-state index is 13.9. The number of aromatic nitrogens is 3. The normalized spacial score (nSPS) is 18.5. The van der Waals surface area contributed by atoms with E-state index >= 15 is 0 Å². The van der Waals surface area contributed by atoms with Gasteiger partial charge < -0.3 is 24.8 Å². The number of hydrogen-bond acceptors (Lipinski definition) is 7. The predicted molar refractivity (Wildman–Crippen MR) is 149 cm³/mol. The number of nitrogens with zero attached hydrogens (tertiary/aromatic N) is 4. The molecule has 2 fully saturated rings. The molecule has 40 heavy (non-hydrogen) atoms. The lowest BCUT2D eigenvalue weighted by Crippen LogP contribution is -2.64. The van der Waals surface area contributed by atoms with Crippen molar-refractivity contribution < 1.29 is 22.7 Å². The summed E-state index contributed by atoms with van der Waals surface area (Å²) < 4.78 is 46.1. The largest absolute Gasteiger partial charge is 0.480 e. The van der Waals surface area contributed by atoms with Crippen LogP contribution in [0.1, 0.15) is 36.7 Å². The molecule has 2 atom stereocenters. The van der Waals surface area contributed by atoms with Crippen LogP contribution in [0.15, 0.2) is 23.0 Å². The number of halogens is 5. The molecule has 1 aliphatic heterocycles. The summed E-state index contributed by atoms with van der Waals surface area (Å²) in [6.45, 7) is 4.67. The van der Waals surface area contributed by atoms with Crippen LogP contribution in [-0.2, 0) is 23.9 Å². The first-order valence-electron chi connectivity index (χ1n) is 12.7. The third-order valence-corrected chi connectivity index (χ3v) is 7.69. The summed E-state index contributed by atoms with van der Waals surface area (Å²) >= 11 is 6.06. The maximum atomic E-state index is 13.9. The quantitative estimate of drug-likeness (QED) is 0.434. The monoisotopic (exact) mass is 600 g/mol. The number of aryl methyl sites for hydroxylation is 1. The second kappa shape index (κ2) is 11.4. The van der Waals surface area contributed by atoms with E-state index < -0.39 is 17.6 Å². The Bertz CT molecular complexity index is 1510. The second-order valence-electron chi connectivity index (χ2n) is 9.69. The Kier molecular flexibility index (Phi) is 8.53. The topological polar surface area (TPSA) is 101 Å². The Hall–Kier alpha value is -3.09. The summed E-state index contributed by atoms with van der Waals surface area (Å²) in [7, 11) is 1.44. The molecule has 2 N–H and O–H groups in total. The minimum absolute atomic E-state index is 0. The van der Waals surface area contributed by atoms with Gasteiger partial charge in [0.15, 0.2) is 11.2 Å². The Morgan fingerprint density at radius 1 is 1.27 bits per heavy atom. The molecule has 216 valence electrons. The number of benzene rings is 1. The summed E-state index contributed by atoms with van der Waals surface area (Å²) in [5, 5.41) is 5.84. The molecule has 0 bridgehead atoms. The minimum Gasteiger partial charge on any atom is -0.480 e. The molecular weight excluding hydrogens is 572 g/mol. The zero-order valence-electron chi connectivity index (χ0n) is 22.1. The van der Waals surface area contributed by atoms with Gasteiger partial charge in [0, 0.05) is 30.9 Å². The highest BCUT2D eigenvalue weighted by atomic mass is 35.5. The predicted octanol–water partition coefficient (Wildman–Crippen LogP) is 4.34. The molecule has 1 aliphatic carbocycles. The highest BCUT2D eigenvalue weighted by molar-refractivity contribution is 6.33. The molecule has 0 spiro atoms. The fourth-order valence-corrected chi connectivity index (χ4v) is 5.61. The lowest BCUT2D eigenvalue weighted by Gasteiger charge is -2.50. The zero-order chi connectivity index (χ0) is 28.1. The van der Waals surface area contributed by atoms with Crippen molar-refractivity contribution in [3.63, 3.8) is 0 Å². The highest BCUT2D eigenvalue weighted by Gasteiger charge is 2.40. The van der Waals surface area contributed by atoms with E-state index in [4.69, 9.17) is 16.3 Å². The van der Waals surface area contributed by atoms with Crippen molar-refractivity contribution in [3.8, 4) is 5.88 Å². The first-order chi connectivity index (χ1) is 18.5. The number of carbonyl (C=O) groups excluding carboxylic acids is 1. The number of alkyl halides is 3. The van der Waals surface area contributed by atoms with E-state index in [0.717, 1.165) is 37.6 Å². The maximum Gasteiger partial charge on any atom is 0.416 e. The number of ether oxygens (including phenoxy) is 1. The summed E-state index contributed by atoms with van der Waals surface area (Å²) in [4.78, 5) is 38.3. The standard InChI is InChI=1S/C26H28ClF3N6O3.ClH/c1-4-18-22(35-10-9-31-17-7-8-19(17)35)23(38)21-24(32-13(2)25(34-21)39-3)36(18)12-20(37)33-16-6-5-14(11-15(16)27)26(28,29)30;/h5-6,11,17,19,31H,4,7-10,12H2,1-3H3,(H,33,37);1H. The molecule has 2 aromatic heterocycles. The van der Waals surface area contributed by atoms with E-state index in [2.05, 4.69) is 25.5 Å². The number of piperazine rings is 1. The number of amides is 1. The Labute approximate surface area is 239 Å². The first-order valence-corrected chi connectivity index (χ1v) is 13.1. The smallest absolute Gasteiger partial charge is 0.416 e. The van der Waals surface area contributed by atoms with Crippen LogP contribution in [0.5, 0.6) is 5.88 Å². The third-order valence-electron chi connectivity index (χ3n) is 7.38. The van der Waals surface area contributed by atoms with Crippen LogP contribution < -0.4 is 25.7 Å². The molecule has 2 aliphatic rings. The number of rotatable bonds is 6. The van der Waals surface area contributed by atoms with Crippen molar-refractivity contribution in [2.45, 2.75) is 57.9 Å². The SMILES string of the molecule is CCc1c(N2CCNC3CCC32)c(=O)c2nc(OC)c(C)nc2n1CC(=O)Nc1ccc(C(F)(F)F)cc1Cl.Cl. The van der Waals surface area contributed by atoms with Crippen LogP contribution in [0.2, 0.25) is 5.02 Å². The average Bonchev–Trinajstić information content (AvgIpc) is 2.86. The molecule has 3 heterocycles. The number of nitrogens with one attached hydrogen (secondary N) is 2. The third kappa shape index (κ3) is 5.31. The van der Waals surface area contributed by atoms with Gasteiger partial charge in [-0.15, -0.1) is 12.4 Å². The van der Waals surface area contributed by atoms with Crippen molar-refractivity contribution in [2.24, 2.45) is 0 Å². The van der Waals surface area contributed by atoms with Crippen LogP contribution in [0.25, 0.3) is 11.2 Å². The average molecular weight is 601 g/mol. The van der Waals surface area contributed by atoms with Crippen molar-refractivity contribution in [1.29, 1.82) is 0 Å². The van der Waals surface area contributed by atoms with Crippen LogP contribution in [0.4, 0.5) is 24.5 Å². The molecular formula is C26H29Cl2F3N6O3. The zero-order valence-corrected chi connectivity index (χ0v) is 23.6. The van der Waals surface area contributed by atoms with Crippen LogP contribution >= 0.6 is 24.0 Å². The molecule has 1 saturated heterocycles. The van der Waals surface area contributed by atoms with E-state index in [1.807, 2.05) is 6.92 Å². The first kappa shape index (κ1) is 29.9. The van der Waals surface area contributed by atoms with E-state index in [9.17, 15) is 22.8 Å². The summed E-state index contributed by atoms with van der Waals surface area (Å²) in [6.07, 6.45) is -2.17. The van der Waals surface area contributed by atoms with Gasteiger partial charge in [-0.1, -0.05) is 18.5 Å². The Balaban J connectivity index is 0.00000370. The molecule has 1 aromatic carbocycles. The van der Waals surface area contributed by atoms with Crippen LogP contribution in [0.3, 0.4) is 0 Å². The van der Waals surface area contributed by atoms with Crippen molar-refractivity contribution in [1.82, 2.24) is 19.9 Å². The number of methoxy groups -OCH3 is 1. The molecule has 2 unspecified atom stereocenters. The summed E-state index contributed by atoms with van der Waals surface area (Å²) in [5.41, 5.74) is 0.728. The number of carbonyl (C=O) groups is 1. The van der Waals surface area contributed by atoms with Gasteiger partial charge in [0.25, 0.3) is 0 Å². The number of anilines is 2. The van der Waals surface area contributed by atoms with E-state index in [1.54, 1.807) is 11.5 Å². The van der Waals surface area contributed by atoms with Gasteiger partial charge in [-0.25, -0.2) is 9.97 Å². The van der Waals surface area contributed by atoms with E-state index in [-0.39, 0.29) is 64.2 Å². The molecule has 1 saturated carbocycles. The number of fused-ring (bicyclic) bond motifs is 2. The molecule has 9 nitrogen and oxygen atoms in total. The van der Waals surface area contributed by atoms with Crippen molar-refractivity contribution in [2.75, 3.05) is 30.4 Å². The summed E-state index contributed by atoms with van der Waals surface area (Å²) in [6, 6.07) is 3.18. The van der Waals surface area contributed by atoms with Crippen LogP contribution in [0, 0.1) is 6.92 Å². The molecule has 14 heteroatoms. The molecule has 3 aromatic rings. The Morgan fingerprint density at radius 3 is 2.62 bits per heavy atom. The lowest BCUT2D eigenvalue weighted by atomic mass is 9.83. The fraction of sp³-hybridized carbons (Fsp3) is 0.462. The van der Waals surface area contributed by atoms with Crippen molar-refractivity contribution in [3.05, 3.63) is 50.4 Å². The van der Waals surface area contributed by atoms with Crippen molar-refractivity contribution >= 4 is 52.5 Å². The molecule has 0 radical (unpaired) electrons. The lowest BCUT2D eigenvalue weighted by molar-refractivity contribution is -0.137. The molecule has 1 amide bonds. The van der Waals surface area contributed by atoms with E-state index in [1.165, 1.54) is 7.11 Å². The number of pyridine rings is 1. The van der Waals surface area contributed by atoms with E-state index in [0.29, 0.717) is 30.0 Å². The molecule has 5 rings (SSSR count). The van der Waals surface area contributed by atoms with Gasteiger partial charge in [0.05, 0.1) is 23.4 Å². The minimum atomic E-state index is -4.56. The highest BCUT2D eigenvalue weighted by Crippen LogP contribution is 2.35. The summed E-state index contributed by atoms with van der Waals surface area (Å²) in [5.74, 6) is -0.330. The van der Waals surface area contributed by atoms with Gasteiger partial charge >= 0.3 is 6.18 Å². The van der Waals surface area contributed by atoms with Crippen LogP contribution in [-0.4, -0.2) is 52.7 Å². The van der Waals surface area contributed by atoms with Gasteiger partial charge in [0.1, 0.15) is 17.9 Å². The van der Waals surface area contributed by atoms with Gasteiger partial charge in [0.2, 0.25) is 17.2 Å². The van der Waals surface area contributed by atoms with Gasteiger partial charge in [-0.05, 0) is 44.4 Å². The van der Waals surface area contributed by atoms with Gasteiger partial charge in [-0.2, -0.15) is 13.2 Å².